The number of aryl methyl sites for hydroxylation is 1. The number of hydrogen-bond donors (Lipinski definition) is 1. The molecule has 1 aromatic heterocycles. The molecule has 1 atom stereocenters. The van der Waals surface area contributed by atoms with Gasteiger partial charge in [0, 0.05) is 38.4 Å². The summed E-state index contributed by atoms with van der Waals surface area (Å²) < 4.78 is 1.81. The van der Waals surface area contributed by atoms with Crippen LogP contribution in [0.4, 0.5) is 0 Å². The Hall–Kier alpha value is -1.36. The van der Waals surface area contributed by atoms with Gasteiger partial charge in [-0.05, 0) is 38.4 Å². The average Bonchev–Trinajstić information content (AvgIpc) is 2.75. The van der Waals surface area contributed by atoms with Crippen LogP contribution in [-0.2, 0) is 11.3 Å². The topological polar surface area (TPSA) is 50.2 Å². The highest BCUT2D eigenvalue weighted by atomic mass is 16.2. The lowest BCUT2D eigenvalue weighted by atomic mass is 10.1. The molecular weight excluding hydrogens is 228 g/mol. The van der Waals surface area contributed by atoms with Gasteiger partial charge in [-0.3, -0.25) is 9.48 Å². The summed E-state index contributed by atoms with van der Waals surface area (Å²) in [5, 5.41) is 7.48. The summed E-state index contributed by atoms with van der Waals surface area (Å²) >= 11 is 0. The Balaban J connectivity index is 1.79. The number of carbonyl (C=O) groups is 1. The van der Waals surface area contributed by atoms with E-state index >= 15 is 0 Å². The summed E-state index contributed by atoms with van der Waals surface area (Å²) in [7, 11) is 1.93. The molecule has 2 heterocycles. The molecule has 1 aliphatic heterocycles. The van der Waals surface area contributed by atoms with Crippen LogP contribution in [0.25, 0.3) is 0 Å². The van der Waals surface area contributed by atoms with E-state index < -0.39 is 0 Å². The fourth-order valence-corrected chi connectivity index (χ4v) is 2.41. The van der Waals surface area contributed by atoms with E-state index in [1.54, 1.807) is 10.9 Å². The molecule has 18 heavy (non-hydrogen) atoms. The average molecular weight is 250 g/mol. The lowest BCUT2D eigenvalue weighted by Gasteiger charge is -2.27. The number of amides is 1. The summed E-state index contributed by atoms with van der Waals surface area (Å²) in [6.07, 6.45) is 7.48. The van der Waals surface area contributed by atoms with Crippen molar-refractivity contribution in [3.8, 4) is 0 Å². The molecular formula is C13H22N4O. The number of nitrogens with zero attached hydrogens (tertiary/aromatic N) is 3. The zero-order chi connectivity index (χ0) is 12.8. The first-order valence-electron chi connectivity index (χ1n) is 6.71. The molecule has 0 aromatic carbocycles. The summed E-state index contributed by atoms with van der Waals surface area (Å²) in [6, 6.07) is 2.27. The monoisotopic (exact) mass is 250 g/mol. The Morgan fingerprint density at radius 1 is 1.50 bits per heavy atom. The Labute approximate surface area is 108 Å². The van der Waals surface area contributed by atoms with Crippen molar-refractivity contribution in [3.63, 3.8) is 0 Å². The van der Waals surface area contributed by atoms with Crippen LogP contribution in [0.15, 0.2) is 18.5 Å². The van der Waals surface area contributed by atoms with Gasteiger partial charge in [-0.1, -0.05) is 0 Å². The van der Waals surface area contributed by atoms with Crippen LogP contribution in [0.3, 0.4) is 0 Å². The predicted molar refractivity (Wildman–Crippen MR) is 70.1 cm³/mol. The van der Waals surface area contributed by atoms with Gasteiger partial charge in [0.25, 0.3) is 0 Å². The van der Waals surface area contributed by atoms with Crippen molar-refractivity contribution in [2.45, 2.75) is 38.3 Å². The highest BCUT2D eigenvalue weighted by Crippen LogP contribution is 2.12. The first-order valence-corrected chi connectivity index (χ1v) is 6.71. The quantitative estimate of drug-likeness (QED) is 0.863. The molecule has 0 aliphatic carbocycles. The fourth-order valence-electron chi connectivity index (χ4n) is 2.41. The molecule has 0 spiro atoms. The predicted octanol–water partition coefficient (Wildman–Crippen LogP) is 0.874. The molecule has 1 amide bonds. The van der Waals surface area contributed by atoms with Gasteiger partial charge in [0.1, 0.15) is 0 Å². The number of rotatable bonds is 4. The summed E-state index contributed by atoms with van der Waals surface area (Å²) in [5.41, 5.74) is 0. The van der Waals surface area contributed by atoms with Gasteiger partial charge in [-0.25, -0.2) is 0 Å². The van der Waals surface area contributed by atoms with E-state index in [4.69, 9.17) is 0 Å². The molecule has 1 fully saturated rings. The van der Waals surface area contributed by atoms with Crippen LogP contribution >= 0.6 is 0 Å². The van der Waals surface area contributed by atoms with Gasteiger partial charge >= 0.3 is 0 Å². The van der Waals surface area contributed by atoms with Gasteiger partial charge < -0.3 is 10.2 Å². The van der Waals surface area contributed by atoms with Crippen molar-refractivity contribution in [3.05, 3.63) is 18.5 Å². The van der Waals surface area contributed by atoms with E-state index in [9.17, 15) is 4.79 Å². The SMILES string of the molecule is CN(C(=O)CCn1cccn1)C1CCCNCC1. The van der Waals surface area contributed by atoms with Crippen LogP contribution in [0.2, 0.25) is 0 Å². The largest absolute Gasteiger partial charge is 0.343 e. The lowest BCUT2D eigenvalue weighted by Crippen LogP contribution is -2.38. The second kappa shape index (κ2) is 6.54. The molecule has 0 radical (unpaired) electrons. The highest BCUT2D eigenvalue weighted by Gasteiger charge is 2.20. The van der Waals surface area contributed by atoms with Crippen LogP contribution in [0.5, 0.6) is 0 Å². The molecule has 5 heteroatoms. The minimum Gasteiger partial charge on any atom is -0.343 e. The van der Waals surface area contributed by atoms with Gasteiger partial charge in [-0.15, -0.1) is 0 Å². The van der Waals surface area contributed by atoms with Crippen molar-refractivity contribution in [2.24, 2.45) is 0 Å². The second-order valence-corrected chi connectivity index (χ2v) is 4.86. The normalized spacial score (nSPS) is 20.4. The van der Waals surface area contributed by atoms with Crippen LogP contribution < -0.4 is 5.32 Å². The summed E-state index contributed by atoms with van der Waals surface area (Å²) in [5.74, 6) is 0.220. The maximum atomic E-state index is 12.1. The minimum absolute atomic E-state index is 0.220. The fraction of sp³-hybridized carbons (Fsp3) is 0.692. The van der Waals surface area contributed by atoms with E-state index in [1.165, 1.54) is 0 Å². The second-order valence-electron chi connectivity index (χ2n) is 4.86. The Morgan fingerprint density at radius 2 is 2.39 bits per heavy atom. The summed E-state index contributed by atoms with van der Waals surface area (Å²) in [6.45, 7) is 2.76. The standard InChI is InChI=1S/C13H22N4O/c1-16(12-4-2-7-14-9-5-12)13(18)6-11-17-10-3-8-15-17/h3,8,10,12,14H,2,4-7,9,11H2,1H3. The molecule has 5 nitrogen and oxygen atoms in total. The van der Waals surface area contributed by atoms with Crippen molar-refractivity contribution in [1.29, 1.82) is 0 Å². The van der Waals surface area contributed by atoms with Gasteiger partial charge in [0.05, 0.1) is 0 Å². The lowest BCUT2D eigenvalue weighted by molar-refractivity contribution is -0.132. The number of aromatic nitrogens is 2. The molecule has 0 saturated carbocycles. The smallest absolute Gasteiger partial charge is 0.224 e. The highest BCUT2D eigenvalue weighted by molar-refractivity contribution is 5.76. The van der Waals surface area contributed by atoms with E-state index in [0.29, 0.717) is 19.0 Å². The van der Waals surface area contributed by atoms with Crippen LogP contribution in [-0.4, -0.2) is 46.8 Å². The molecule has 1 saturated heterocycles. The van der Waals surface area contributed by atoms with Crippen molar-refractivity contribution >= 4 is 5.91 Å². The maximum absolute atomic E-state index is 12.1. The Bertz CT molecular complexity index is 355. The van der Waals surface area contributed by atoms with E-state index in [1.807, 2.05) is 24.2 Å². The molecule has 1 aliphatic rings. The minimum atomic E-state index is 0.220. The molecule has 1 aromatic rings. The maximum Gasteiger partial charge on any atom is 0.224 e. The molecule has 0 bridgehead atoms. The van der Waals surface area contributed by atoms with Gasteiger partial charge in [-0.2, -0.15) is 5.10 Å². The first kappa shape index (κ1) is 13.1. The van der Waals surface area contributed by atoms with Crippen molar-refractivity contribution in [2.75, 3.05) is 20.1 Å². The third-order valence-electron chi connectivity index (χ3n) is 3.60. The summed E-state index contributed by atoms with van der Waals surface area (Å²) in [4.78, 5) is 14.0. The van der Waals surface area contributed by atoms with Crippen LogP contribution in [0.1, 0.15) is 25.7 Å². The van der Waals surface area contributed by atoms with Gasteiger partial charge in [0.15, 0.2) is 0 Å². The first-order chi connectivity index (χ1) is 8.77. The zero-order valence-electron chi connectivity index (χ0n) is 11.0. The number of hydrogen-bond acceptors (Lipinski definition) is 3. The third-order valence-corrected chi connectivity index (χ3v) is 3.60. The molecule has 1 unspecified atom stereocenters. The van der Waals surface area contributed by atoms with E-state index in [0.717, 1.165) is 32.4 Å². The number of carbonyl (C=O) groups excluding carboxylic acids is 1. The molecule has 100 valence electrons. The van der Waals surface area contributed by atoms with E-state index in [-0.39, 0.29) is 5.91 Å². The van der Waals surface area contributed by atoms with Gasteiger partial charge in [0.2, 0.25) is 5.91 Å². The number of nitrogens with one attached hydrogen (secondary N) is 1. The van der Waals surface area contributed by atoms with Crippen molar-refractivity contribution in [1.82, 2.24) is 20.0 Å². The van der Waals surface area contributed by atoms with Crippen molar-refractivity contribution < 1.29 is 4.79 Å². The molecule has 1 N–H and O–H groups in total. The van der Waals surface area contributed by atoms with Crippen LogP contribution in [0, 0.1) is 0 Å². The zero-order valence-corrected chi connectivity index (χ0v) is 11.0. The Kier molecular flexibility index (Phi) is 4.75. The van der Waals surface area contributed by atoms with E-state index in [2.05, 4.69) is 10.4 Å². The Morgan fingerprint density at radius 3 is 3.17 bits per heavy atom. The third kappa shape index (κ3) is 3.57. The molecule has 2 rings (SSSR count).